The summed E-state index contributed by atoms with van der Waals surface area (Å²) in [5.74, 6) is -0.740. The van der Waals surface area contributed by atoms with Gasteiger partial charge in [0.05, 0.1) is 11.5 Å². The molecule has 6 nitrogen and oxygen atoms in total. The smallest absolute Gasteiger partial charge is 0.387 e. The molecular weight excluding hydrogens is 440 g/mol. The molecule has 0 aromatic heterocycles. The van der Waals surface area contributed by atoms with Gasteiger partial charge in [-0.2, -0.15) is 8.78 Å². The molecule has 0 aliphatic carbocycles. The highest BCUT2D eigenvalue weighted by Gasteiger charge is 2.34. The lowest BCUT2D eigenvalue weighted by atomic mass is 9.95. The number of hydrogen-bond donors (Lipinski definition) is 0. The molecule has 1 unspecified atom stereocenters. The number of nitrogens with zero attached hydrogens (tertiary/aromatic N) is 3. The molecule has 2 aromatic rings. The summed E-state index contributed by atoms with van der Waals surface area (Å²) in [4.78, 5) is 32.2. The zero-order chi connectivity index (χ0) is 24.2. The van der Waals surface area contributed by atoms with Crippen molar-refractivity contribution in [3.05, 3.63) is 59.2 Å². The van der Waals surface area contributed by atoms with Crippen LogP contribution in [0.25, 0.3) is 0 Å². The number of carbonyl (C=O) groups excluding carboxylic acids is 2. The third-order valence-corrected chi connectivity index (χ3v) is 6.90. The van der Waals surface area contributed by atoms with Gasteiger partial charge in [0.1, 0.15) is 5.75 Å². The van der Waals surface area contributed by atoms with Crippen molar-refractivity contribution in [2.45, 2.75) is 33.3 Å². The first-order chi connectivity index (χ1) is 16.3. The first-order valence-corrected chi connectivity index (χ1v) is 11.8. The van der Waals surface area contributed by atoms with Crippen molar-refractivity contribution < 1.29 is 23.1 Å². The van der Waals surface area contributed by atoms with Gasteiger partial charge in [-0.1, -0.05) is 24.3 Å². The van der Waals surface area contributed by atoms with E-state index in [1.165, 1.54) is 28.9 Å². The third kappa shape index (κ3) is 5.16. The van der Waals surface area contributed by atoms with Gasteiger partial charge in [-0.05, 0) is 56.0 Å². The molecule has 1 atom stereocenters. The highest BCUT2D eigenvalue weighted by atomic mass is 19.3. The summed E-state index contributed by atoms with van der Waals surface area (Å²) in [7, 11) is 0. The number of amides is 2. The minimum Gasteiger partial charge on any atom is -0.434 e. The molecule has 8 heteroatoms. The fraction of sp³-hybridized carbons (Fsp3) is 0.462. The number of anilines is 1. The van der Waals surface area contributed by atoms with Crippen LogP contribution in [-0.2, 0) is 4.79 Å². The SMILES string of the molecule is Cc1cccc(N2CCN(C(=O)C3CCCN(C(=O)c4ccccc4OC(F)F)C3)CC2)c1C. The van der Waals surface area contributed by atoms with Gasteiger partial charge in [0, 0.05) is 45.0 Å². The van der Waals surface area contributed by atoms with Gasteiger partial charge < -0.3 is 19.4 Å². The van der Waals surface area contributed by atoms with Gasteiger partial charge in [0.15, 0.2) is 0 Å². The van der Waals surface area contributed by atoms with Gasteiger partial charge in [-0.15, -0.1) is 0 Å². The Morgan fingerprint density at radius 2 is 1.68 bits per heavy atom. The standard InChI is InChI=1S/C26H31F2N3O3/c1-18-7-5-10-22(19(18)2)29-13-15-30(16-14-29)24(32)20-8-6-12-31(17-20)25(33)21-9-3-4-11-23(21)34-26(27)28/h3-5,7,9-11,20,26H,6,8,12-17H2,1-2H3. The second-order valence-electron chi connectivity index (χ2n) is 9.00. The van der Waals surface area contributed by atoms with Crippen molar-refractivity contribution in [1.29, 1.82) is 0 Å². The van der Waals surface area contributed by atoms with Crippen molar-refractivity contribution in [3.63, 3.8) is 0 Å². The highest BCUT2D eigenvalue weighted by molar-refractivity contribution is 5.97. The number of piperazine rings is 1. The van der Waals surface area contributed by atoms with Crippen LogP contribution in [0.2, 0.25) is 0 Å². The summed E-state index contributed by atoms with van der Waals surface area (Å²) in [6.45, 7) is 4.82. The largest absolute Gasteiger partial charge is 0.434 e. The molecule has 2 aliphatic rings. The summed E-state index contributed by atoms with van der Waals surface area (Å²) < 4.78 is 30.0. The number of ether oxygens (including phenoxy) is 1. The number of halogens is 2. The van der Waals surface area contributed by atoms with Crippen LogP contribution in [0.15, 0.2) is 42.5 Å². The van der Waals surface area contributed by atoms with E-state index in [4.69, 9.17) is 0 Å². The Morgan fingerprint density at radius 3 is 2.41 bits per heavy atom. The zero-order valence-corrected chi connectivity index (χ0v) is 19.7. The Kier molecular flexibility index (Phi) is 7.34. The molecule has 0 spiro atoms. The van der Waals surface area contributed by atoms with Crippen molar-refractivity contribution in [2.75, 3.05) is 44.2 Å². The summed E-state index contributed by atoms with van der Waals surface area (Å²) in [6.07, 6.45) is 1.41. The predicted octanol–water partition coefficient (Wildman–Crippen LogP) is 4.11. The summed E-state index contributed by atoms with van der Waals surface area (Å²) in [6, 6.07) is 12.3. The molecule has 34 heavy (non-hydrogen) atoms. The molecule has 2 amide bonds. The normalized spacial score (nSPS) is 18.9. The molecule has 0 saturated carbocycles. The number of rotatable bonds is 5. The van der Waals surface area contributed by atoms with Crippen LogP contribution in [0.5, 0.6) is 5.75 Å². The van der Waals surface area contributed by atoms with E-state index < -0.39 is 6.61 Å². The Balaban J connectivity index is 1.38. The molecule has 2 aliphatic heterocycles. The first-order valence-electron chi connectivity index (χ1n) is 11.8. The van der Waals surface area contributed by atoms with Crippen molar-refractivity contribution >= 4 is 17.5 Å². The van der Waals surface area contributed by atoms with Crippen molar-refractivity contribution in [3.8, 4) is 5.75 Å². The van der Waals surface area contributed by atoms with Gasteiger partial charge in [-0.3, -0.25) is 9.59 Å². The Morgan fingerprint density at radius 1 is 0.941 bits per heavy atom. The average Bonchev–Trinajstić information content (AvgIpc) is 2.85. The molecule has 2 saturated heterocycles. The van der Waals surface area contributed by atoms with Crippen LogP contribution in [0.4, 0.5) is 14.5 Å². The van der Waals surface area contributed by atoms with Crippen LogP contribution in [0.3, 0.4) is 0 Å². The topological polar surface area (TPSA) is 53.1 Å². The Hall–Kier alpha value is -3.16. The van der Waals surface area contributed by atoms with Crippen LogP contribution in [0, 0.1) is 19.8 Å². The van der Waals surface area contributed by atoms with Crippen LogP contribution in [0.1, 0.15) is 34.3 Å². The van der Waals surface area contributed by atoms with E-state index in [0.29, 0.717) is 26.1 Å². The summed E-state index contributed by atoms with van der Waals surface area (Å²) >= 11 is 0. The van der Waals surface area contributed by atoms with E-state index in [-0.39, 0.29) is 35.6 Å². The Bertz CT molecular complexity index is 1040. The van der Waals surface area contributed by atoms with E-state index in [1.54, 1.807) is 17.0 Å². The number of para-hydroxylation sites is 1. The minimum absolute atomic E-state index is 0.0650. The second kappa shape index (κ2) is 10.4. The molecule has 0 bridgehead atoms. The first kappa shape index (κ1) is 24.0. The fourth-order valence-corrected chi connectivity index (χ4v) is 4.88. The molecular formula is C26H31F2N3O3. The number of benzene rings is 2. The van der Waals surface area contributed by atoms with Crippen molar-refractivity contribution in [2.24, 2.45) is 5.92 Å². The molecule has 0 radical (unpaired) electrons. The zero-order valence-electron chi connectivity index (χ0n) is 19.7. The lowest BCUT2D eigenvalue weighted by Gasteiger charge is -2.40. The maximum Gasteiger partial charge on any atom is 0.387 e. The highest BCUT2D eigenvalue weighted by Crippen LogP contribution is 2.27. The van der Waals surface area contributed by atoms with Crippen LogP contribution in [-0.4, -0.2) is 67.5 Å². The van der Waals surface area contributed by atoms with Gasteiger partial charge in [0.2, 0.25) is 5.91 Å². The maximum atomic E-state index is 13.3. The van der Waals surface area contributed by atoms with Crippen molar-refractivity contribution in [1.82, 2.24) is 9.80 Å². The number of piperidine rings is 1. The quantitative estimate of drug-likeness (QED) is 0.659. The van der Waals surface area contributed by atoms with E-state index in [0.717, 1.165) is 19.5 Å². The maximum absolute atomic E-state index is 13.3. The minimum atomic E-state index is -3.01. The van der Waals surface area contributed by atoms with E-state index in [2.05, 4.69) is 41.7 Å². The lowest BCUT2D eigenvalue weighted by Crippen LogP contribution is -2.53. The molecule has 2 aromatic carbocycles. The summed E-state index contributed by atoms with van der Waals surface area (Å²) in [5, 5.41) is 0. The molecule has 182 valence electrons. The molecule has 4 rings (SSSR count). The predicted molar refractivity (Wildman–Crippen MR) is 126 cm³/mol. The summed E-state index contributed by atoms with van der Waals surface area (Å²) in [5.41, 5.74) is 3.83. The van der Waals surface area contributed by atoms with E-state index in [1.807, 2.05) is 4.90 Å². The lowest BCUT2D eigenvalue weighted by molar-refractivity contribution is -0.137. The van der Waals surface area contributed by atoms with E-state index >= 15 is 0 Å². The second-order valence-corrected chi connectivity index (χ2v) is 9.00. The fourth-order valence-electron chi connectivity index (χ4n) is 4.88. The number of carbonyl (C=O) groups is 2. The Labute approximate surface area is 199 Å². The molecule has 0 N–H and O–H groups in total. The number of hydrogen-bond acceptors (Lipinski definition) is 4. The number of alkyl halides is 2. The number of likely N-dealkylation sites (tertiary alicyclic amines) is 1. The van der Waals surface area contributed by atoms with E-state index in [9.17, 15) is 18.4 Å². The van der Waals surface area contributed by atoms with Crippen LogP contribution >= 0.6 is 0 Å². The average molecular weight is 472 g/mol. The number of aryl methyl sites for hydroxylation is 1. The molecule has 2 fully saturated rings. The molecule has 2 heterocycles. The third-order valence-electron chi connectivity index (χ3n) is 6.90. The van der Waals surface area contributed by atoms with Gasteiger partial charge >= 0.3 is 6.61 Å². The van der Waals surface area contributed by atoms with Gasteiger partial charge in [-0.25, -0.2) is 0 Å². The van der Waals surface area contributed by atoms with Gasteiger partial charge in [0.25, 0.3) is 5.91 Å². The monoisotopic (exact) mass is 471 g/mol. The van der Waals surface area contributed by atoms with Crippen LogP contribution < -0.4 is 9.64 Å².